The monoisotopic (exact) mass is 403 g/mol. The highest BCUT2D eigenvalue weighted by Crippen LogP contribution is 2.31. The third kappa shape index (κ3) is 3.26. The molecule has 152 valence electrons. The number of para-hydroxylation sites is 3. The lowest BCUT2D eigenvalue weighted by Crippen LogP contribution is -2.42. The molecule has 5 rings (SSSR count). The van der Waals surface area contributed by atoms with Gasteiger partial charge in [0.25, 0.3) is 5.56 Å². The highest BCUT2D eigenvalue weighted by molar-refractivity contribution is 5.76. The third-order valence-corrected chi connectivity index (χ3v) is 5.10. The Hall–Kier alpha value is -3.81. The van der Waals surface area contributed by atoms with Crippen LogP contribution in [0.4, 0.5) is 5.95 Å². The van der Waals surface area contributed by atoms with Crippen LogP contribution in [0.3, 0.4) is 0 Å². The first kappa shape index (κ1) is 18.2. The van der Waals surface area contributed by atoms with Gasteiger partial charge in [0.15, 0.2) is 23.3 Å². The molecule has 0 spiro atoms. The van der Waals surface area contributed by atoms with Crippen molar-refractivity contribution in [3.8, 4) is 17.2 Å². The molecule has 0 bridgehead atoms. The lowest BCUT2D eigenvalue weighted by atomic mass is 10.2. The fourth-order valence-corrected chi connectivity index (χ4v) is 3.58. The number of benzene rings is 2. The Morgan fingerprint density at radius 1 is 1.13 bits per heavy atom. The molecule has 1 aliphatic heterocycles. The Morgan fingerprint density at radius 3 is 2.70 bits per heavy atom. The van der Waals surface area contributed by atoms with Crippen LogP contribution in [0.25, 0.3) is 16.7 Å². The van der Waals surface area contributed by atoms with Gasteiger partial charge in [-0.1, -0.05) is 30.3 Å². The second-order valence-electron chi connectivity index (χ2n) is 7.05. The number of aromatic amines is 1. The van der Waals surface area contributed by atoms with Gasteiger partial charge in [0, 0.05) is 6.54 Å². The number of H-pyrrole nitrogens is 1. The van der Waals surface area contributed by atoms with Gasteiger partial charge >= 0.3 is 0 Å². The minimum absolute atomic E-state index is 0.181. The molecular formula is C22H21N5O3. The first-order chi connectivity index (χ1) is 14.7. The maximum absolute atomic E-state index is 12.7. The summed E-state index contributed by atoms with van der Waals surface area (Å²) in [5, 5.41) is 4.81. The van der Waals surface area contributed by atoms with Crippen molar-refractivity contribution in [1.82, 2.24) is 19.7 Å². The summed E-state index contributed by atoms with van der Waals surface area (Å²) in [4.78, 5) is 22.3. The Kier molecular flexibility index (Phi) is 4.59. The van der Waals surface area contributed by atoms with Crippen LogP contribution in [-0.2, 0) is 0 Å². The minimum Gasteiger partial charge on any atom is -0.486 e. The van der Waals surface area contributed by atoms with Crippen molar-refractivity contribution >= 4 is 17.0 Å². The molecule has 2 aromatic heterocycles. The van der Waals surface area contributed by atoms with Gasteiger partial charge in [-0.25, -0.2) is 4.68 Å². The quantitative estimate of drug-likeness (QED) is 0.552. The molecule has 1 atom stereocenters. The van der Waals surface area contributed by atoms with E-state index in [-0.39, 0.29) is 11.7 Å². The normalized spacial score (nSPS) is 15.3. The molecule has 8 heteroatoms. The number of likely N-dealkylation sites (N-methyl/N-ethyl adjacent to an activating group) is 1. The largest absolute Gasteiger partial charge is 0.486 e. The van der Waals surface area contributed by atoms with Crippen molar-refractivity contribution in [3.63, 3.8) is 0 Å². The van der Waals surface area contributed by atoms with E-state index in [4.69, 9.17) is 14.5 Å². The summed E-state index contributed by atoms with van der Waals surface area (Å²) >= 11 is 0. The van der Waals surface area contributed by atoms with Crippen LogP contribution < -0.4 is 19.9 Å². The molecule has 8 nitrogen and oxygen atoms in total. The summed E-state index contributed by atoms with van der Waals surface area (Å²) in [6, 6.07) is 17.3. The molecule has 1 N–H and O–H groups in total. The van der Waals surface area contributed by atoms with Gasteiger partial charge in [0.05, 0.1) is 18.4 Å². The van der Waals surface area contributed by atoms with E-state index in [2.05, 4.69) is 10.1 Å². The van der Waals surface area contributed by atoms with Crippen LogP contribution in [0.1, 0.15) is 6.92 Å². The summed E-state index contributed by atoms with van der Waals surface area (Å²) < 4.78 is 13.6. The molecule has 0 amide bonds. The Bertz CT molecular complexity index is 1230. The molecule has 30 heavy (non-hydrogen) atoms. The number of nitrogens with one attached hydrogen (secondary N) is 1. The zero-order valence-corrected chi connectivity index (χ0v) is 16.5. The molecule has 0 radical (unpaired) electrons. The van der Waals surface area contributed by atoms with Gasteiger partial charge in [-0.05, 0) is 31.2 Å². The summed E-state index contributed by atoms with van der Waals surface area (Å²) in [5.74, 6) is 1.95. The maximum Gasteiger partial charge on any atom is 0.263 e. The van der Waals surface area contributed by atoms with Gasteiger partial charge < -0.3 is 14.4 Å². The molecular weight excluding hydrogens is 382 g/mol. The number of aromatic nitrogens is 4. The van der Waals surface area contributed by atoms with Gasteiger partial charge in [-0.3, -0.25) is 9.78 Å². The molecule has 0 fully saturated rings. The van der Waals surface area contributed by atoms with Crippen molar-refractivity contribution in [2.45, 2.75) is 13.0 Å². The Morgan fingerprint density at radius 2 is 1.90 bits per heavy atom. The topological polar surface area (TPSA) is 85.3 Å². The molecule has 0 saturated carbocycles. The fourth-order valence-electron chi connectivity index (χ4n) is 3.58. The van der Waals surface area contributed by atoms with Crippen LogP contribution in [-0.4, -0.2) is 45.5 Å². The maximum atomic E-state index is 12.7. The summed E-state index contributed by atoms with van der Waals surface area (Å²) in [6.45, 7) is 3.62. The number of hydrogen-bond donors (Lipinski definition) is 1. The van der Waals surface area contributed by atoms with Crippen LogP contribution in [0.2, 0.25) is 0 Å². The van der Waals surface area contributed by atoms with E-state index < -0.39 is 0 Å². The summed E-state index contributed by atoms with van der Waals surface area (Å²) in [7, 11) is 0. The SMILES string of the molecule is CCN(CC1COc2ccccc2O1)c1nc2c(cnn2-c2ccccc2)c(=O)[nH]1. The van der Waals surface area contributed by atoms with Gasteiger partial charge in [-0.15, -0.1) is 0 Å². The number of fused-ring (bicyclic) bond motifs is 2. The number of ether oxygens (including phenoxy) is 2. The summed E-state index contributed by atoms with van der Waals surface area (Å²) in [5.41, 5.74) is 1.14. The van der Waals surface area contributed by atoms with Crippen molar-refractivity contribution < 1.29 is 9.47 Å². The zero-order valence-electron chi connectivity index (χ0n) is 16.5. The smallest absolute Gasteiger partial charge is 0.263 e. The van der Waals surface area contributed by atoms with Crippen molar-refractivity contribution in [3.05, 3.63) is 71.1 Å². The standard InChI is InChI=1S/C22H21N5O3/c1-2-26(13-16-14-29-18-10-6-7-11-19(18)30-16)22-24-20-17(21(28)25-22)12-23-27(20)15-8-4-3-5-9-15/h3-12,16H,2,13-14H2,1H3,(H,24,25,28). The average molecular weight is 403 g/mol. The second kappa shape index (κ2) is 7.55. The molecule has 1 aliphatic rings. The Balaban J connectivity index is 1.46. The lowest BCUT2D eigenvalue weighted by Gasteiger charge is -2.31. The predicted octanol–water partition coefficient (Wildman–Crippen LogP) is 2.78. The first-order valence-electron chi connectivity index (χ1n) is 9.90. The van der Waals surface area contributed by atoms with E-state index in [1.807, 2.05) is 66.4 Å². The van der Waals surface area contributed by atoms with E-state index in [0.29, 0.717) is 36.7 Å². The first-order valence-corrected chi connectivity index (χ1v) is 9.90. The molecule has 3 heterocycles. The van der Waals surface area contributed by atoms with Crippen molar-refractivity contribution in [2.24, 2.45) is 0 Å². The summed E-state index contributed by atoms with van der Waals surface area (Å²) in [6.07, 6.45) is 1.36. The van der Waals surface area contributed by atoms with Crippen LogP contribution >= 0.6 is 0 Å². The van der Waals surface area contributed by atoms with Gasteiger partial charge in [0.1, 0.15) is 12.0 Å². The molecule has 1 unspecified atom stereocenters. The third-order valence-electron chi connectivity index (χ3n) is 5.10. The van der Waals surface area contributed by atoms with Crippen LogP contribution in [0.15, 0.2) is 65.6 Å². The van der Waals surface area contributed by atoms with Gasteiger partial charge in [-0.2, -0.15) is 10.1 Å². The van der Waals surface area contributed by atoms with E-state index in [9.17, 15) is 4.79 Å². The average Bonchev–Trinajstić information content (AvgIpc) is 3.22. The number of hydrogen-bond acceptors (Lipinski definition) is 6. The van der Waals surface area contributed by atoms with Crippen molar-refractivity contribution in [2.75, 3.05) is 24.6 Å². The Labute approximate surface area is 172 Å². The highest BCUT2D eigenvalue weighted by Gasteiger charge is 2.24. The van der Waals surface area contributed by atoms with Crippen molar-refractivity contribution in [1.29, 1.82) is 0 Å². The molecule has 0 saturated heterocycles. The fraction of sp³-hybridized carbons (Fsp3) is 0.227. The van der Waals surface area contributed by atoms with Gasteiger partial charge in [0.2, 0.25) is 5.95 Å². The molecule has 0 aliphatic carbocycles. The lowest BCUT2D eigenvalue weighted by molar-refractivity contribution is 0.0952. The van der Waals surface area contributed by atoms with E-state index in [1.54, 1.807) is 10.9 Å². The highest BCUT2D eigenvalue weighted by atomic mass is 16.6. The molecule has 4 aromatic rings. The van der Waals surface area contributed by atoms with Crippen LogP contribution in [0.5, 0.6) is 11.5 Å². The predicted molar refractivity (Wildman–Crippen MR) is 114 cm³/mol. The molecule has 2 aromatic carbocycles. The number of nitrogens with zero attached hydrogens (tertiary/aromatic N) is 4. The zero-order chi connectivity index (χ0) is 20.5. The van der Waals surface area contributed by atoms with Crippen LogP contribution in [0, 0.1) is 0 Å². The number of rotatable bonds is 5. The van der Waals surface area contributed by atoms with E-state index >= 15 is 0 Å². The van der Waals surface area contributed by atoms with E-state index in [0.717, 1.165) is 17.2 Å². The van der Waals surface area contributed by atoms with E-state index in [1.165, 1.54) is 0 Å². The minimum atomic E-state index is -0.221. The number of anilines is 1. The second-order valence-corrected chi connectivity index (χ2v) is 7.05.